The van der Waals surface area contributed by atoms with Gasteiger partial charge in [-0.05, 0) is 0 Å². The molecule has 0 aromatic rings. The van der Waals surface area contributed by atoms with Crippen LogP contribution in [0, 0.1) is 0 Å². The van der Waals surface area contributed by atoms with Crippen molar-refractivity contribution >= 4 is 28.8 Å². The quantitative estimate of drug-likeness (QED) is 0.221. The van der Waals surface area contributed by atoms with Crippen LogP contribution in [0.25, 0.3) is 0 Å². The average molecular weight is 293 g/mol. The minimum Gasteiger partial charge on any atom is -0.469 e. The summed E-state index contributed by atoms with van der Waals surface area (Å²) in [6.07, 6.45) is -0.521. The van der Waals surface area contributed by atoms with Crippen LogP contribution >= 0.6 is 9.24 Å². The number of carbonyl (C=O) groups is 2. The Morgan fingerprint density at radius 2 is 2.16 bits per heavy atom. The molecule has 0 aliphatic carbocycles. The largest absolute Gasteiger partial charge is 0.469 e. The molecule has 0 aromatic carbocycles. The molecule has 0 aliphatic heterocycles. The molecule has 3 unspecified atom stereocenters. The van der Waals surface area contributed by atoms with E-state index in [4.69, 9.17) is 7.85 Å². The third-order valence-corrected chi connectivity index (χ3v) is 2.16. The number of allylic oxidation sites excluding steroid dienone is 1. The van der Waals surface area contributed by atoms with E-state index < -0.39 is 42.3 Å². The van der Waals surface area contributed by atoms with E-state index in [1.54, 1.807) is 0 Å². The molecule has 19 heavy (non-hydrogen) atoms. The monoisotopic (exact) mass is 293 g/mol. The lowest BCUT2D eigenvalue weighted by Gasteiger charge is -2.22. The van der Waals surface area contributed by atoms with Crippen molar-refractivity contribution in [1.29, 1.82) is 0 Å². The molecule has 0 saturated carbocycles. The minimum absolute atomic E-state index is 0.598. The highest BCUT2D eigenvalue weighted by atomic mass is 31.0. The zero-order chi connectivity index (χ0) is 15.1. The molecular weight excluding hydrogens is 278 g/mol. The molecule has 9 heteroatoms. The number of nitrogens with one attached hydrogen (secondary N) is 1. The van der Waals surface area contributed by atoms with E-state index in [1.165, 1.54) is 0 Å². The van der Waals surface area contributed by atoms with Gasteiger partial charge in [0.2, 0.25) is 5.78 Å². The summed E-state index contributed by atoms with van der Waals surface area (Å²) >= 11 is 0. The second-order valence-corrected chi connectivity index (χ2v) is 4.25. The first kappa shape index (κ1) is 18.2. The molecule has 0 rings (SSSR count). The van der Waals surface area contributed by atoms with E-state index in [9.17, 15) is 18.4 Å². The zero-order valence-electron chi connectivity index (χ0n) is 10.4. The van der Waals surface area contributed by atoms with Gasteiger partial charge in [0.05, 0.1) is 19.3 Å². The van der Waals surface area contributed by atoms with Crippen molar-refractivity contribution in [2.24, 2.45) is 0 Å². The van der Waals surface area contributed by atoms with Gasteiger partial charge in [0.15, 0.2) is 0 Å². The van der Waals surface area contributed by atoms with Crippen LogP contribution in [0.5, 0.6) is 0 Å². The van der Waals surface area contributed by atoms with Gasteiger partial charge < -0.3 is 9.57 Å². The van der Waals surface area contributed by atoms with Crippen LogP contribution in [0.3, 0.4) is 0 Å². The predicted octanol–water partition coefficient (Wildman–Crippen LogP) is 0.547. The number of halogens is 2. The SMILES string of the molecule is [B]C(P)ONC(CC(=O)OC)C(=O)C(F)(F)CC=C. The highest BCUT2D eigenvalue weighted by molar-refractivity contribution is 7.20. The topological polar surface area (TPSA) is 64.6 Å². The molecule has 0 saturated heterocycles. The van der Waals surface area contributed by atoms with Crippen LogP contribution < -0.4 is 5.48 Å². The Hall–Kier alpha value is -0.845. The number of methoxy groups -OCH3 is 1. The van der Waals surface area contributed by atoms with Crippen molar-refractivity contribution in [3.05, 3.63) is 12.7 Å². The fourth-order valence-electron chi connectivity index (χ4n) is 1.14. The number of ketones is 1. The van der Waals surface area contributed by atoms with Crippen molar-refractivity contribution in [2.45, 2.75) is 30.6 Å². The van der Waals surface area contributed by atoms with Gasteiger partial charge in [0.1, 0.15) is 13.9 Å². The van der Waals surface area contributed by atoms with Gasteiger partial charge in [-0.15, -0.1) is 15.8 Å². The number of hydroxylamine groups is 1. The van der Waals surface area contributed by atoms with Crippen LogP contribution in [0.2, 0.25) is 0 Å². The van der Waals surface area contributed by atoms with E-state index in [2.05, 4.69) is 16.2 Å². The predicted molar refractivity (Wildman–Crippen MR) is 68.7 cm³/mol. The van der Waals surface area contributed by atoms with E-state index in [0.717, 1.165) is 13.2 Å². The molecule has 5 nitrogen and oxygen atoms in total. The lowest BCUT2D eigenvalue weighted by Crippen LogP contribution is -2.47. The highest BCUT2D eigenvalue weighted by Crippen LogP contribution is 2.23. The highest BCUT2D eigenvalue weighted by Gasteiger charge is 2.42. The molecule has 3 atom stereocenters. The van der Waals surface area contributed by atoms with Gasteiger partial charge >= 0.3 is 11.9 Å². The van der Waals surface area contributed by atoms with E-state index in [-0.39, 0.29) is 0 Å². The lowest BCUT2D eigenvalue weighted by molar-refractivity contribution is -0.154. The maximum absolute atomic E-state index is 13.4. The molecule has 0 bridgehead atoms. The number of hydrogen-bond acceptors (Lipinski definition) is 5. The van der Waals surface area contributed by atoms with Crippen LogP contribution in [0.15, 0.2) is 12.7 Å². The summed E-state index contributed by atoms with van der Waals surface area (Å²) in [6, 6.07) is -1.56. The Balaban J connectivity index is 4.84. The first-order valence-electron chi connectivity index (χ1n) is 5.26. The maximum atomic E-state index is 13.4. The summed E-state index contributed by atoms with van der Waals surface area (Å²) in [5.41, 5.74) is 2.04. The van der Waals surface area contributed by atoms with E-state index >= 15 is 0 Å². The van der Waals surface area contributed by atoms with Crippen LogP contribution in [-0.4, -0.2) is 44.4 Å². The van der Waals surface area contributed by atoms with Gasteiger partial charge in [-0.1, -0.05) is 6.08 Å². The zero-order valence-corrected chi connectivity index (χ0v) is 11.6. The summed E-state index contributed by atoms with van der Waals surface area (Å²) in [5.74, 6) is -6.90. The number of carbonyl (C=O) groups excluding carboxylic acids is 2. The Morgan fingerprint density at radius 1 is 1.58 bits per heavy atom. The number of alkyl halides is 2. The smallest absolute Gasteiger partial charge is 0.310 e. The molecule has 1 N–H and O–H groups in total. The van der Waals surface area contributed by atoms with Crippen LogP contribution in [-0.2, 0) is 19.2 Å². The van der Waals surface area contributed by atoms with Crippen molar-refractivity contribution < 1.29 is 27.9 Å². The van der Waals surface area contributed by atoms with Gasteiger partial charge in [-0.3, -0.25) is 9.59 Å². The number of Topliss-reactive ketones (excluding diaryl/α,β-unsaturated/α-hetero) is 1. The second-order valence-electron chi connectivity index (χ2n) is 3.59. The van der Waals surface area contributed by atoms with Crippen molar-refractivity contribution in [1.82, 2.24) is 5.48 Å². The summed E-state index contributed by atoms with van der Waals surface area (Å²) in [6.45, 7) is 3.14. The average Bonchev–Trinajstić information content (AvgIpc) is 2.32. The van der Waals surface area contributed by atoms with Gasteiger partial charge in [0, 0.05) is 6.42 Å². The molecule has 2 radical (unpaired) electrons. The fourth-order valence-corrected chi connectivity index (χ4v) is 1.21. The molecule has 0 fully saturated rings. The first-order chi connectivity index (χ1) is 8.74. The van der Waals surface area contributed by atoms with E-state index in [1.807, 2.05) is 14.7 Å². The molecule has 106 valence electrons. The van der Waals surface area contributed by atoms with E-state index in [0.29, 0.717) is 0 Å². The lowest BCUT2D eigenvalue weighted by atomic mass is 10.0. The normalized spacial score (nSPS) is 14.5. The van der Waals surface area contributed by atoms with Crippen LogP contribution in [0.1, 0.15) is 12.8 Å². The Morgan fingerprint density at radius 3 is 2.58 bits per heavy atom. The summed E-state index contributed by atoms with van der Waals surface area (Å²) in [5, 5.41) is 0. The van der Waals surface area contributed by atoms with Gasteiger partial charge in [0.25, 0.3) is 0 Å². The minimum atomic E-state index is -3.65. The first-order valence-corrected chi connectivity index (χ1v) is 5.93. The Kier molecular flexibility index (Phi) is 7.98. The number of hydrogen-bond donors (Lipinski definition) is 1. The molecule has 0 aromatic heterocycles. The summed E-state index contributed by atoms with van der Waals surface area (Å²) < 4.78 is 31.2. The second kappa shape index (κ2) is 8.35. The molecule has 0 heterocycles. The maximum Gasteiger partial charge on any atom is 0.310 e. The third kappa shape index (κ3) is 6.75. The summed E-state index contributed by atoms with van der Waals surface area (Å²) in [4.78, 5) is 27.4. The summed E-state index contributed by atoms with van der Waals surface area (Å²) in [7, 11) is 8.32. The molecule has 0 spiro atoms. The van der Waals surface area contributed by atoms with Crippen LogP contribution in [0.4, 0.5) is 8.78 Å². The van der Waals surface area contributed by atoms with Crippen molar-refractivity contribution in [3.63, 3.8) is 0 Å². The van der Waals surface area contributed by atoms with Gasteiger partial charge in [-0.2, -0.15) is 14.3 Å². The number of ether oxygens (including phenoxy) is 1. The fraction of sp³-hybridized carbons (Fsp3) is 0.600. The number of rotatable bonds is 9. The standard InChI is InChI=1S/C10H15BF2NO4P/c1-3-4-10(12,13)8(16)6(5-7(15)17-2)14-18-9(11)19/h3,6,9,14H,1,4-5,19H2,2H3. The Bertz CT molecular complexity index is 341. The van der Waals surface area contributed by atoms with Crippen molar-refractivity contribution in [2.75, 3.05) is 7.11 Å². The molecular formula is C10H15BF2NO4P. The van der Waals surface area contributed by atoms with Crippen molar-refractivity contribution in [3.8, 4) is 0 Å². The number of esters is 1. The molecule has 0 aliphatic rings. The molecule has 0 amide bonds. The van der Waals surface area contributed by atoms with Gasteiger partial charge in [-0.25, -0.2) is 0 Å². The third-order valence-electron chi connectivity index (χ3n) is 2.02. The Labute approximate surface area is 113 Å².